The lowest BCUT2D eigenvalue weighted by molar-refractivity contribution is 0.0195. The van der Waals surface area contributed by atoms with E-state index in [1.165, 1.54) is 11.4 Å². The van der Waals surface area contributed by atoms with E-state index in [4.69, 9.17) is 5.11 Å². The number of rotatable bonds is 5. The van der Waals surface area contributed by atoms with Crippen LogP contribution in [0.5, 0.6) is 0 Å². The number of aliphatic hydroxyl groups excluding tert-OH is 2. The third kappa shape index (κ3) is 3.27. The molecule has 1 aromatic rings. The van der Waals surface area contributed by atoms with E-state index >= 15 is 0 Å². The second kappa shape index (κ2) is 5.60. The molecular formula is C9H11BrO4S. The minimum absolute atomic E-state index is 0.139. The van der Waals surface area contributed by atoms with Crippen LogP contribution in [0.15, 0.2) is 11.4 Å². The van der Waals surface area contributed by atoms with Crippen molar-refractivity contribution in [3.8, 4) is 0 Å². The Morgan fingerprint density at radius 1 is 1.53 bits per heavy atom. The first kappa shape index (κ1) is 12.6. The molecule has 2 atom stereocenters. The molecule has 0 radical (unpaired) electrons. The molecule has 0 spiro atoms. The van der Waals surface area contributed by atoms with Crippen LogP contribution in [0.1, 0.15) is 27.8 Å². The number of aromatic carboxylic acids is 1. The molecule has 1 heterocycles. The van der Waals surface area contributed by atoms with Gasteiger partial charge in [-0.1, -0.05) is 15.9 Å². The van der Waals surface area contributed by atoms with Crippen molar-refractivity contribution in [3.05, 3.63) is 21.9 Å². The Labute approximate surface area is 99.3 Å². The molecular weight excluding hydrogens is 284 g/mol. The molecule has 0 aliphatic carbocycles. The smallest absolute Gasteiger partial charge is 0.336 e. The van der Waals surface area contributed by atoms with Crippen LogP contribution in [0.4, 0.5) is 0 Å². The Kier molecular flexibility index (Phi) is 4.72. The first-order valence-electron chi connectivity index (χ1n) is 4.30. The Balaban J connectivity index is 2.73. The van der Waals surface area contributed by atoms with Gasteiger partial charge in [-0.25, -0.2) is 4.79 Å². The Bertz CT molecular complexity index is 339. The summed E-state index contributed by atoms with van der Waals surface area (Å²) in [5, 5.41) is 29.9. The van der Waals surface area contributed by atoms with Crippen LogP contribution >= 0.6 is 27.3 Å². The maximum atomic E-state index is 10.6. The molecule has 84 valence electrons. The second-order valence-electron chi connectivity index (χ2n) is 3.03. The lowest BCUT2D eigenvalue weighted by atomic mass is 10.1. The number of hydrogen-bond donors (Lipinski definition) is 3. The molecule has 1 rings (SSSR count). The zero-order chi connectivity index (χ0) is 11.4. The standard InChI is InChI=1S/C9H11BrO4S/c10-2-1-6(11)8(12)7-3-5(4-15-7)9(13)14/h3-4,6,8,11-12H,1-2H2,(H,13,14). The van der Waals surface area contributed by atoms with Crippen LogP contribution in [0.3, 0.4) is 0 Å². The lowest BCUT2D eigenvalue weighted by Crippen LogP contribution is -2.17. The fraction of sp³-hybridized carbons (Fsp3) is 0.444. The number of carbonyl (C=O) groups is 1. The molecule has 1 aromatic heterocycles. The van der Waals surface area contributed by atoms with Crippen molar-refractivity contribution in [2.24, 2.45) is 0 Å². The molecule has 4 nitrogen and oxygen atoms in total. The van der Waals surface area contributed by atoms with Gasteiger partial charge >= 0.3 is 5.97 Å². The number of thiophene rings is 1. The minimum Gasteiger partial charge on any atom is -0.478 e. The van der Waals surface area contributed by atoms with E-state index in [0.29, 0.717) is 16.6 Å². The number of carboxylic acid groups (broad SMARTS) is 1. The highest BCUT2D eigenvalue weighted by molar-refractivity contribution is 9.09. The fourth-order valence-corrected chi connectivity index (χ4v) is 2.47. The summed E-state index contributed by atoms with van der Waals surface area (Å²) in [6, 6.07) is 1.38. The van der Waals surface area contributed by atoms with Gasteiger partial charge in [0.2, 0.25) is 0 Å². The molecule has 0 saturated heterocycles. The summed E-state index contributed by atoms with van der Waals surface area (Å²) in [6.07, 6.45) is -1.47. The van der Waals surface area contributed by atoms with E-state index in [9.17, 15) is 15.0 Å². The van der Waals surface area contributed by atoms with E-state index < -0.39 is 18.2 Å². The molecule has 0 saturated carbocycles. The monoisotopic (exact) mass is 294 g/mol. The van der Waals surface area contributed by atoms with Crippen LogP contribution in [-0.2, 0) is 0 Å². The highest BCUT2D eigenvalue weighted by Gasteiger charge is 2.20. The number of halogens is 1. The van der Waals surface area contributed by atoms with Crippen molar-refractivity contribution in [1.82, 2.24) is 0 Å². The zero-order valence-electron chi connectivity index (χ0n) is 7.76. The second-order valence-corrected chi connectivity index (χ2v) is 4.77. The first-order chi connectivity index (χ1) is 7.06. The largest absolute Gasteiger partial charge is 0.478 e. The maximum Gasteiger partial charge on any atom is 0.336 e. The summed E-state index contributed by atoms with van der Waals surface area (Å²) in [4.78, 5) is 11.1. The third-order valence-electron chi connectivity index (χ3n) is 1.93. The van der Waals surface area contributed by atoms with Crippen LogP contribution < -0.4 is 0 Å². The highest BCUT2D eigenvalue weighted by Crippen LogP contribution is 2.26. The van der Waals surface area contributed by atoms with E-state index in [-0.39, 0.29) is 5.56 Å². The number of alkyl halides is 1. The molecule has 0 amide bonds. The van der Waals surface area contributed by atoms with Crippen LogP contribution in [-0.4, -0.2) is 32.7 Å². The van der Waals surface area contributed by atoms with Gasteiger partial charge in [-0.3, -0.25) is 0 Å². The van der Waals surface area contributed by atoms with Crippen molar-refractivity contribution in [2.45, 2.75) is 18.6 Å². The summed E-state index contributed by atoms with van der Waals surface area (Å²) < 4.78 is 0. The van der Waals surface area contributed by atoms with Gasteiger partial charge in [0.1, 0.15) is 6.10 Å². The van der Waals surface area contributed by atoms with Gasteiger partial charge in [0.15, 0.2) is 0 Å². The average molecular weight is 295 g/mol. The Morgan fingerprint density at radius 2 is 2.20 bits per heavy atom. The van der Waals surface area contributed by atoms with Crippen molar-refractivity contribution in [2.75, 3.05) is 5.33 Å². The Morgan fingerprint density at radius 3 is 2.67 bits per heavy atom. The van der Waals surface area contributed by atoms with Crippen molar-refractivity contribution in [1.29, 1.82) is 0 Å². The molecule has 0 fully saturated rings. The van der Waals surface area contributed by atoms with E-state index in [1.807, 2.05) is 0 Å². The van der Waals surface area contributed by atoms with Crippen molar-refractivity contribution < 1.29 is 20.1 Å². The van der Waals surface area contributed by atoms with Crippen molar-refractivity contribution >= 4 is 33.2 Å². The summed E-state index contributed by atoms with van der Waals surface area (Å²) in [7, 11) is 0. The summed E-state index contributed by atoms with van der Waals surface area (Å²) >= 11 is 4.29. The molecule has 15 heavy (non-hydrogen) atoms. The fourth-order valence-electron chi connectivity index (χ4n) is 1.08. The highest BCUT2D eigenvalue weighted by atomic mass is 79.9. The predicted molar refractivity (Wildman–Crippen MR) is 60.7 cm³/mol. The molecule has 0 aliphatic heterocycles. The summed E-state index contributed by atoms with van der Waals surface area (Å²) in [6.45, 7) is 0. The van der Waals surface area contributed by atoms with Gasteiger partial charge in [0, 0.05) is 15.6 Å². The molecule has 0 bridgehead atoms. The molecule has 6 heteroatoms. The van der Waals surface area contributed by atoms with Gasteiger partial charge in [0.05, 0.1) is 11.7 Å². The lowest BCUT2D eigenvalue weighted by Gasteiger charge is -2.14. The molecule has 2 unspecified atom stereocenters. The van der Waals surface area contributed by atoms with Gasteiger partial charge in [-0.15, -0.1) is 11.3 Å². The third-order valence-corrected chi connectivity index (χ3v) is 3.39. The van der Waals surface area contributed by atoms with Gasteiger partial charge in [-0.2, -0.15) is 0 Å². The van der Waals surface area contributed by atoms with Gasteiger partial charge in [-0.05, 0) is 12.5 Å². The summed E-state index contributed by atoms with van der Waals surface area (Å²) in [5.74, 6) is -1.03. The average Bonchev–Trinajstić information content (AvgIpc) is 2.65. The molecule has 0 aliphatic rings. The normalized spacial score (nSPS) is 14.9. The summed E-state index contributed by atoms with van der Waals surface area (Å²) in [5.41, 5.74) is 0.139. The Hall–Kier alpha value is -0.430. The van der Waals surface area contributed by atoms with Crippen LogP contribution in [0.2, 0.25) is 0 Å². The zero-order valence-corrected chi connectivity index (χ0v) is 10.2. The first-order valence-corrected chi connectivity index (χ1v) is 6.30. The number of aliphatic hydroxyl groups is 2. The van der Waals surface area contributed by atoms with Crippen molar-refractivity contribution in [3.63, 3.8) is 0 Å². The molecule has 0 aromatic carbocycles. The van der Waals surface area contributed by atoms with Gasteiger partial charge < -0.3 is 15.3 Å². The number of carboxylic acids is 1. The SMILES string of the molecule is O=C(O)c1csc(C(O)C(O)CCBr)c1. The quantitative estimate of drug-likeness (QED) is 0.721. The van der Waals surface area contributed by atoms with Crippen LogP contribution in [0, 0.1) is 0 Å². The van der Waals surface area contributed by atoms with E-state index in [2.05, 4.69) is 15.9 Å². The number of hydrogen-bond acceptors (Lipinski definition) is 4. The van der Waals surface area contributed by atoms with E-state index in [0.717, 1.165) is 11.3 Å². The van der Waals surface area contributed by atoms with Gasteiger partial charge in [0.25, 0.3) is 0 Å². The molecule has 3 N–H and O–H groups in total. The minimum atomic E-state index is -1.03. The van der Waals surface area contributed by atoms with E-state index in [1.54, 1.807) is 0 Å². The maximum absolute atomic E-state index is 10.6. The van der Waals surface area contributed by atoms with Crippen LogP contribution in [0.25, 0.3) is 0 Å². The predicted octanol–water partition coefficient (Wildman–Crippen LogP) is 1.63. The topological polar surface area (TPSA) is 77.8 Å².